The van der Waals surface area contributed by atoms with Gasteiger partial charge in [-0.1, -0.05) is 13.0 Å². The molecule has 0 aromatic heterocycles. The fourth-order valence-corrected chi connectivity index (χ4v) is 3.01. The smallest absolute Gasteiger partial charge is 0.160 e. The molecule has 0 spiro atoms. The third kappa shape index (κ3) is 3.07. The maximum atomic E-state index is 9.69. The summed E-state index contributed by atoms with van der Waals surface area (Å²) in [7, 11) is 1.59. The molecule has 0 aliphatic carbocycles. The SMILES string of the molecule is CCN1CCN(C(C)c2ccc(O)c(OC)c2)CC1C. The molecule has 0 bridgehead atoms. The number of methoxy groups -OCH3 is 1. The fourth-order valence-electron chi connectivity index (χ4n) is 3.01. The van der Waals surface area contributed by atoms with E-state index in [9.17, 15) is 5.11 Å². The summed E-state index contributed by atoms with van der Waals surface area (Å²) in [6.45, 7) is 11.1. The Balaban J connectivity index is 2.10. The standard InChI is InChI=1S/C16H26N2O2/c1-5-17-8-9-18(11-12(17)2)13(3)14-6-7-15(19)16(10-14)20-4/h6-7,10,12-13,19H,5,8-9,11H2,1-4H3. The highest BCUT2D eigenvalue weighted by atomic mass is 16.5. The number of ether oxygens (including phenoxy) is 1. The summed E-state index contributed by atoms with van der Waals surface area (Å²) in [5.41, 5.74) is 1.19. The molecule has 1 N–H and O–H groups in total. The van der Waals surface area contributed by atoms with Gasteiger partial charge in [0.05, 0.1) is 7.11 Å². The Morgan fingerprint density at radius 2 is 2.15 bits per heavy atom. The number of phenolic OH excluding ortho intramolecular Hbond substituents is 1. The van der Waals surface area contributed by atoms with Crippen molar-refractivity contribution in [2.75, 3.05) is 33.3 Å². The van der Waals surface area contributed by atoms with E-state index >= 15 is 0 Å². The molecule has 4 heteroatoms. The predicted octanol–water partition coefficient (Wildman–Crippen LogP) is 2.49. The number of benzene rings is 1. The molecule has 2 unspecified atom stereocenters. The average Bonchev–Trinajstić information content (AvgIpc) is 2.47. The summed E-state index contributed by atoms with van der Waals surface area (Å²) in [5.74, 6) is 0.752. The number of likely N-dealkylation sites (N-methyl/N-ethyl adjacent to an activating group) is 1. The minimum absolute atomic E-state index is 0.202. The summed E-state index contributed by atoms with van der Waals surface area (Å²) >= 11 is 0. The second kappa shape index (κ2) is 6.46. The summed E-state index contributed by atoms with van der Waals surface area (Å²) in [6.07, 6.45) is 0. The molecule has 2 rings (SSSR count). The maximum Gasteiger partial charge on any atom is 0.160 e. The lowest BCUT2D eigenvalue weighted by atomic mass is 10.0. The first kappa shape index (κ1) is 15.1. The first-order valence-electron chi connectivity index (χ1n) is 7.41. The molecular weight excluding hydrogens is 252 g/mol. The molecule has 0 radical (unpaired) electrons. The Labute approximate surface area is 122 Å². The third-order valence-corrected chi connectivity index (χ3v) is 4.44. The van der Waals surface area contributed by atoms with Crippen LogP contribution in [0.5, 0.6) is 11.5 Å². The van der Waals surface area contributed by atoms with E-state index in [2.05, 4.69) is 30.6 Å². The highest BCUT2D eigenvalue weighted by Gasteiger charge is 2.26. The lowest BCUT2D eigenvalue weighted by Gasteiger charge is -2.42. The zero-order chi connectivity index (χ0) is 14.7. The van der Waals surface area contributed by atoms with Crippen LogP contribution in [0.15, 0.2) is 18.2 Å². The Kier molecular flexibility index (Phi) is 4.89. The van der Waals surface area contributed by atoms with Gasteiger partial charge in [-0.25, -0.2) is 0 Å². The molecule has 1 aliphatic rings. The predicted molar refractivity (Wildman–Crippen MR) is 81.4 cm³/mol. The van der Waals surface area contributed by atoms with E-state index in [4.69, 9.17) is 4.74 Å². The number of nitrogens with zero attached hydrogens (tertiary/aromatic N) is 2. The van der Waals surface area contributed by atoms with Crippen LogP contribution in [-0.2, 0) is 0 Å². The van der Waals surface area contributed by atoms with Gasteiger partial charge >= 0.3 is 0 Å². The summed E-state index contributed by atoms with van der Waals surface area (Å²) < 4.78 is 5.20. The molecule has 4 nitrogen and oxygen atoms in total. The average molecular weight is 278 g/mol. The van der Waals surface area contributed by atoms with E-state index in [1.807, 2.05) is 12.1 Å². The van der Waals surface area contributed by atoms with Crippen LogP contribution in [-0.4, -0.2) is 54.2 Å². The van der Waals surface area contributed by atoms with Crippen molar-refractivity contribution in [3.8, 4) is 11.5 Å². The minimum atomic E-state index is 0.202. The molecule has 1 aromatic carbocycles. The molecule has 1 aromatic rings. The molecule has 20 heavy (non-hydrogen) atoms. The minimum Gasteiger partial charge on any atom is -0.504 e. The molecule has 0 saturated carbocycles. The van der Waals surface area contributed by atoms with Gasteiger partial charge in [0.25, 0.3) is 0 Å². The second-order valence-corrected chi connectivity index (χ2v) is 5.58. The topological polar surface area (TPSA) is 35.9 Å². The Bertz CT molecular complexity index is 450. The van der Waals surface area contributed by atoms with E-state index < -0.39 is 0 Å². The van der Waals surface area contributed by atoms with Crippen molar-refractivity contribution < 1.29 is 9.84 Å². The van der Waals surface area contributed by atoms with Gasteiger partial charge in [0.2, 0.25) is 0 Å². The van der Waals surface area contributed by atoms with E-state index in [0.29, 0.717) is 17.8 Å². The van der Waals surface area contributed by atoms with Crippen molar-refractivity contribution in [1.82, 2.24) is 9.80 Å². The molecule has 1 heterocycles. The first-order chi connectivity index (χ1) is 9.56. The molecule has 1 saturated heterocycles. The van der Waals surface area contributed by atoms with Crippen LogP contribution in [0.3, 0.4) is 0 Å². The van der Waals surface area contributed by atoms with Crippen molar-refractivity contribution in [3.05, 3.63) is 23.8 Å². The van der Waals surface area contributed by atoms with Crippen molar-refractivity contribution in [3.63, 3.8) is 0 Å². The fraction of sp³-hybridized carbons (Fsp3) is 0.625. The van der Waals surface area contributed by atoms with Crippen LogP contribution < -0.4 is 4.74 Å². The summed E-state index contributed by atoms with van der Waals surface area (Å²) in [4.78, 5) is 5.02. The van der Waals surface area contributed by atoms with Crippen LogP contribution in [0.1, 0.15) is 32.4 Å². The highest BCUT2D eigenvalue weighted by Crippen LogP contribution is 2.31. The van der Waals surface area contributed by atoms with Crippen molar-refractivity contribution in [2.45, 2.75) is 32.9 Å². The van der Waals surface area contributed by atoms with Gasteiger partial charge in [0.15, 0.2) is 11.5 Å². The van der Waals surface area contributed by atoms with Gasteiger partial charge in [0.1, 0.15) is 0 Å². The van der Waals surface area contributed by atoms with Crippen LogP contribution in [0.2, 0.25) is 0 Å². The summed E-state index contributed by atoms with van der Waals surface area (Å²) in [6, 6.07) is 6.58. The van der Waals surface area contributed by atoms with Gasteiger partial charge in [-0.15, -0.1) is 0 Å². The molecule has 2 atom stereocenters. The van der Waals surface area contributed by atoms with E-state index in [0.717, 1.165) is 26.2 Å². The van der Waals surface area contributed by atoms with Crippen molar-refractivity contribution in [2.24, 2.45) is 0 Å². The number of phenols is 1. The van der Waals surface area contributed by atoms with Crippen LogP contribution in [0.25, 0.3) is 0 Å². The van der Waals surface area contributed by atoms with Gasteiger partial charge in [-0.05, 0) is 38.1 Å². The van der Waals surface area contributed by atoms with Gasteiger partial charge in [0, 0.05) is 31.7 Å². The summed E-state index contributed by atoms with van der Waals surface area (Å²) in [5, 5.41) is 9.69. The third-order valence-electron chi connectivity index (χ3n) is 4.44. The number of hydrogen-bond donors (Lipinski definition) is 1. The number of piperazine rings is 1. The van der Waals surface area contributed by atoms with Crippen molar-refractivity contribution in [1.29, 1.82) is 0 Å². The molecule has 1 aliphatic heterocycles. The van der Waals surface area contributed by atoms with Crippen LogP contribution >= 0.6 is 0 Å². The second-order valence-electron chi connectivity index (χ2n) is 5.58. The largest absolute Gasteiger partial charge is 0.504 e. The van der Waals surface area contributed by atoms with Gasteiger partial charge in [-0.2, -0.15) is 0 Å². The molecule has 0 amide bonds. The lowest BCUT2D eigenvalue weighted by Crippen LogP contribution is -2.52. The van der Waals surface area contributed by atoms with Crippen LogP contribution in [0.4, 0.5) is 0 Å². The first-order valence-corrected chi connectivity index (χ1v) is 7.41. The van der Waals surface area contributed by atoms with Gasteiger partial charge < -0.3 is 9.84 Å². The number of aromatic hydroxyl groups is 1. The van der Waals surface area contributed by atoms with Gasteiger partial charge in [-0.3, -0.25) is 9.80 Å². The zero-order valence-electron chi connectivity index (χ0n) is 13.0. The quantitative estimate of drug-likeness (QED) is 0.918. The maximum absolute atomic E-state index is 9.69. The zero-order valence-corrected chi connectivity index (χ0v) is 13.0. The molecule has 112 valence electrons. The van der Waals surface area contributed by atoms with E-state index in [1.54, 1.807) is 13.2 Å². The Hall–Kier alpha value is -1.26. The Morgan fingerprint density at radius 3 is 2.75 bits per heavy atom. The van der Waals surface area contributed by atoms with E-state index in [1.165, 1.54) is 5.56 Å². The van der Waals surface area contributed by atoms with Crippen molar-refractivity contribution >= 4 is 0 Å². The molecular formula is C16H26N2O2. The Morgan fingerprint density at radius 1 is 1.40 bits per heavy atom. The molecule has 1 fully saturated rings. The normalized spacial score (nSPS) is 22.7. The number of rotatable bonds is 4. The van der Waals surface area contributed by atoms with E-state index in [-0.39, 0.29) is 5.75 Å². The number of hydrogen-bond acceptors (Lipinski definition) is 4. The van der Waals surface area contributed by atoms with Crippen LogP contribution in [0, 0.1) is 0 Å². The lowest BCUT2D eigenvalue weighted by molar-refractivity contribution is 0.0635. The monoisotopic (exact) mass is 278 g/mol. The highest BCUT2D eigenvalue weighted by molar-refractivity contribution is 5.42.